The molecule has 0 unspecified atom stereocenters. The van der Waals surface area contributed by atoms with Crippen LogP contribution < -0.4 is 10.5 Å². The summed E-state index contributed by atoms with van der Waals surface area (Å²) in [5.41, 5.74) is 5.36. The maximum atomic E-state index is 11.7. The summed E-state index contributed by atoms with van der Waals surface area (Å²) < 4.78 is 26.3. The Kier molecular flexibility index (Phi) is 4.44. The maximum Gasteiger partial charge on any atom is 0.211 e. The van der Waals surface area contributed by atoms with Gasteiger partial charge in [0.25, 0.3) is 0 Å². The van der Waals surface area contributed by atoms with E-state index in [1.165, 1.54) is 25.7 Å². The Bertz CT molecular complexity index is 322. The summed E-state index contributed by atoms with van der Waals surface area (Å²) in [6, 6.07) is 0. The SMILES string of the molecule is NCCCCS(=O)(=O)NCC(C1CC1)C1CC1. The summed E-state index contributed by atoms with van der Waals surface area (Å²) in [5, 5.41) is 0. The first kappa shape index (κ1) is 13.3. The van der Waals surface area contributed by atoms with Crippen molar-refractivity contribution in [3.8, 4) is 0 Å². The van der Waals surface area contributed by atoms with Gasteiger partial charge in [0.15, 0.2) is 0 Å². The van der Waals surface area contributed by atoms with Crippen LogP contribution in [0.5, 0.6) is 0 Å². The predicted molar refractivity (Wildman–Crippen MR) is 69.0 cm³/mol. The van der Waals surface area contributed by atoms with Gasteiger partial charge in [-0.25, -0.2) is 13.1 Å². The molecular formula is C12H24N2O2S. The van der Waals surface area contributed by atoms with E-state index in [9.17, 15) is 8.42 Å². The highest BCUT2D eigenvalue weighted by Crippen LogP contribution is 2.48. The Balaban J connectivity index is 1.71. The maximum absolute atomic E-state index is 11.7. The topological polar surface area (TPSA) is 72.2 Å². The van der Waals surface area contributed by atoms with Gasteiger partial charge in [-0.05, 0) is 62.8 Å². The largest absolute Gasteiger partial charge is 0.330 e. The van der Waals surface area contributed by atoms with E-state index in [0.717, 1.165) is 18.3 Å². The molecule has 0 amide bonds. The third-order valence-corrected chi connectivity index (χ3v) is 5.29. The fourth-order valence-electron chi connectivity index (χ4n) is 2.50. The van der Waals surface area contributed by atoms with Crippen molar-refractivity contribution in [2.24, 2.45) is 23.5 Å². The number of sulfonamides is 1. The first-order chi connectivity index (χ1) is 8.12. The monoisotopic (exact) mass is 260 g/mol. The lowest BCUT2D eigenvalue weighted by atomic mass is 9.99. The van der Waals surface area contributed by atoms with Crippen molar-refractivity contribution in [1.29, 1.82) is 0 Å². The molecule has 0 aromatic heterocycles. The molecule has 100 valence electrons. The van der Waals surface area contributed by atoms with E-state index in [-0.39, 0.29) is 5.75 Å². The molecule has 2 rings (SSSR count). The van der Waals surface area contributed by atoms with Gasteiger partial charge in [-0.15, -0.1) is 0 Å². The minimum absolute atomic E-state index is 0.228. The molecule has 0 atom stereocenters. The summed E-state index contributed by atoms with van der Waals surface area (Å²) >= 11 is 0. The zero-order chi connectivity index (χ0) is 12.3. The van der Waals surface area contributed by atoms with Gasteiger partial charge < -0.3 is 5.73 Å². The van der Waals surface area contributed by atoms with E-state index in [1.807, 2.05) is 0 Å². The van der Waals surface area contributed by atoms with Gasteiger partial charge >= 0.3 is 0 Å². The Morgan fingerprint density at radius 2 is 1.71 bits per heavy atom. The molecule has 0 heterocycles. The van der Waals surface area contributed by atoms with Crippen molar-refractivity contribution in [2.45, 2.75) is 38.5 Å². The third-order valence-electron chi connectivity index (χ3n) is 3.86. The molecular weight excluding hydrogens is 236 g/mol. The number of rotatable bonds is 9. The molecule has 0 saturated heterocycles. The summed E-state index contributed by atoms with van der Waals surface area (Å²) in [6.45, 7) is 1.24. The van der Waals surface area contributed by atoms with Crippen molar-refractivity contribution in [3.63, 3.8) is 0 Å². The molecule has 0 spiro atoms. The zero-order valence-electron chi connectivity index (χ0n) is 10.4. The third kappa shape index (κ3) is 4.56. The minimum Gasteiger partial charge on any atom is -0.330 e. The molecule has 2 aliphatic carbocycles. The van der Waals surface area contributed by atoms with E-state index in [2.05, 4.69) is 4.72 Å². The van der Waals surface area contributed by atoms with Crippen LogP contribution in [0.1, 0.15) is 38.5 Å². The van der Waals surface area contributed by atoms with Crippen molar-refractivity contribution in [1.82, 2.24) is 4.72 Å². The normalized spacial score (nSPS) is 21.1. The van der Waals surface area contributed by atoms with Gasteiger partial charge in [0.2, 0.25) is 10.0 Å². The fraction of sp³-hybridized carbons (Fsp3) is 1.00. The van der Waals surface area contributed by atoms with E-state index in [4.69, 9.17) is 5.73 Å². The van der Waals surface area contributed by atoms with E-state index < -0.39 is 10.0 Å². The molecule has 2 saturated carbocycles. The van der Waals surface area contributed by atoms with Crippen molar-refractivity contribution >= 4 is 10.0 Å². The van der Waals surface area contributed by atoms with Gasteiger partial charge in [0.1, 0.15) is 0 Å². The van der Waals surface area contributed by atoms with Crippen molar-refractivity contribution in [3.05, 3.63) is 0 Å². The molecule has 17 heavy (non-hydrogen) atoms. The van der Waals surface area contributed by atoms with E-state index in [0.29, 0.717) is 25.4 Å². The second-order valence-electron chi connectivity index (χ2n) is 5.50. The second-order valence-corrected chi connectivity index (χ2v) is 7.43. The number of nitrogens with one attached hydrogen (secondary N) is 1. The molecule has 3 N–H and O–H groups in total. The Morgan fingerprint density at radius 1 is 1.12 bits per heavy atom. The van der Waals surface area contributed by atoms with Crippen LogP contribution in [0.15, 0.2) is 0 Å². The fourth-order valence-corrected chi connectivity index (χ4v) is 3.67. The Labute approximate surface area is 104 Å². The van der Waals surface area contributed by atoms with Crippen LogP contribution in [-0.4, -0.2) is 27.3 Å². The van der Waals surface area contributed by atoms with Gasteiger partial charge in [-0.3, -0.25) is 0 Å². The van der Waals surface area contributed by atoms with Crippen LogP contribution in [0.4, 0.5) is 0 Å². The van der Waals surface area contributed by atoms with Crippen LogP contribution in [0.3, 0.4) is 0 Å². The number of unbranched alkanes of at least 4 members (excludes halogenated alkanes) is 1. The molecule has 4 nitrogen and oxygen atoms in total. The first-order valence-corrected chi connectivity index (χ1v) is 8.45. The number of hydrogen-bond acceptors (Lipinski definition) is 3. The lowest BCUT2D eigenvalue weighted by Gasteiger charge is -2.16. The Hall–Kier alpha value is -0.130. The summed E-state index contributed by atoms with van der Waals surface area (Å²) in [6.07, 6.45) is 6.66. The average molecular weight is 260 g/mol. The molecule has 0 radical (unpaired) electrons. The molecule has 0 bridgehead atoms. The van der Waals surface area contributed by atoms with Gasteiger partial charge in [0.05, 0.1) is 5.75 Å². The van der Waals surface area contributed by atoms with Crippen LogP contribution in [0.25, 0.3) is 0 Å². The minimum atomic E-state index is -3.07. The van der Waals surface area contributed by atoms with Crippen molar-refractivity contribution in [2.75, 3.05) is 18.8 Å². The van der Waals surface area contributed by atoms with E-state index >= 15 is 0 Å². The molecule has 0 aliphatic heterocycles. The highest BCUT2D eigenvalue weighted by Gasteiger charge is 2.41. The van der Waals surface area contributed by atoms with Crippen LogP contribution in [-0.2, 0) is 10.0 Å². The lowest BCUT2D eigenvalue weighted by molar-refractivity contribution is 0.401. The highest BCUT2D eigenvalue weighted by atomic mass is 32.2. The molecule has 2 fully saturated rings. The quantitative estimate of drug-likeness (QED) is 0.609. The van der Waals surface area contributed by atoms with Crippen LogP contribution >= 0.6 is 0 Å². The van der Waals surface area contributed by atoms with Crippen LogP contribution in [0, 0.1) is 17.8 Å². The standard InChI is InChI=1S/C12H24N2O2S/c13-7-1-2-8-17(15,16)14-9-12(10-3-4-10)11-5-6-11/h10-12,14H,1-9,13H2. The Morgan fingerprint density at radius 3 is 2.18 bits per heavy atom. The van der Waals surface area contributed by atoms with Crippen molar-refractivity contribution < 1.29 is 8.42 Å². The predicted octanol–water partition coefficient (Wildman–Crippen LogP) is 1.08. The first-order valence-electron chi connectivity index (χ1n) is 6.80. The summed E-state index contributed by atoms with van der Waals surface area (Å²) in [7, 11) is -3.07. The van der Waals surface area contributed by atoms with E-state index in [1.54, 1.807) is 0 Å². The lowest BCUT2D eigenvalue weighted by Crippen LogP contribution is -2.33. The molecule has 0 aromatic rings. The van der Waals surface area contributed by atoms with Crippen LogP contribution in [0.2, 0.25) is 0 Å². The number of hydrogen-bond donors (Lipinski definition) is 2. The smallest absolute Gasteiger partial charge is 0.211 e. The van der Waals surface area contributed by atoms with Gasteiger partial charge in [-0.1, -0.05) is 0 Å². The second kappa shape index (κ2) is 5.67. The molecule has 5 heteroatoms. The van der Waals surface area contributed by atoms with Gasteiger partial charge in [-0.2, -0.15) is 0 Å². The molecule has 0 aromatic carbocycles. The number of nitrogens with two attached hydrogens (primary N) is 1. The molecule has 2 aliphatic rings. The average Bonchev–Trinajstić information content (AvgIpc) is 3.13. The summed E-state index contributed by atoms with van der Waals surface area (Å²) in [5.74, 6) is 2.44. The summed E-state index contributed by atoms with van der Waals surface area (Å²) in [4.78, 5) is 0. The zero-order valence-corrected chi connectivity index (χ0v) is 11.2. The van der Waals surface area contributed by atoms with Gasteiger partial charge in [0, 0.05) is 6.54 Å². The highest BCUT2D eigenvalue weighted by molar-refractivity contribution is 7.89.